The standard InChI is InChI=1S/C30H31N3O6S.Na.H/c1-19(26-18-31-27-15-13-21(17-25(26)27)32-30(35)39-22-8-6-7-9-22)24-14-12-20(16-28(24)38-2)29(34)33-40(36,37)23-10-4-3-5-11-23;;/h3-5,10-19,22,31H,6-9H2,1-2H3,(H,32,35)(H,33,34);;. The molecule has 0 spiro atoms. The van der Waals surface area contributed by atoms with Crippen LogP contribution in [-0.4, -0.2) is 68.2 Å². The van der Waals surface area contributed by atoms with Gasteiger partial charge in [0, 0.05) is 39.8 Å². The van der Waals surface area contributed by atoms with E-state index in [1.807, 2.05) is 31.3 Å². The molecule has 1 atom stereocenters. The van der Waals surface area contributed by atoms with Crippen LogP contribution < -0.4 is 14.8 Å². The van der Waals surface area contributed by atoms with Gasteiger partial charge in [0.25, 0.3) is 15.9 Å². The number of fused-ring (bicyclic) bond motifs is 1. The van der Waals surface area contributed by atoms with Gasteiger partial charge < -0.3 is 14.5 Å². The number of carbonyl (C=O) groups is 2. The monoisotopic (exact) mass is 585 g/mol. The summed E-state index contributed by atoms with van der Waals surface area (Å²) in [6, 6.07) is 18.2. The van der Waals surface area contributed by atoms with Crippen molar-refractivity contribution in [1.29, 1.82) is 0 Å². The molecule has 1 fully saturated rings. The van der Waals surface area contributed by atoms with Crippen molar-refractivity contribution in [3.05, 3.63) is 89.6 Å². The second-order valence-electron chi connectivity index (χ2n) is 9.87. The normalized spacial score (nSPS) is 14.2. The van der Waals surface area contributed by atoms with Crippen LogP contribution >= 0.6 is 0 Å². The predicted octanol–water partition coefficient (Wildman–Crippen LogP) is 5.29. The molecule has 4 aromatic rings. The van der Waals surface area contributed by atoms with E-state index in [4.69, 9.17) is 9.47 Å². The molecule has 5 rings (SSSR count). The predicted molar refractivity (Wildman–Crippen MR) is 159 cm³/mol. The van der Waals surface area contributed by atoms with E-state index in [2.05, 4.69) is 15.0 Å². The molecule has 3 aromatic carbocycles. The third kappa shape index (κ3) is 6.95. The molecular weight excluding hydrogens is 553 g/mol. The van der Waals surface area contributed by atoms with Crippen LogP contribution in [0.25, 0.3) is 10.9 Å². The molecule has 2 amide bonds. The number of carbonyl (C=O) groups excluding carboxylic acids is 2. The molecule has 41 heavy (non-hydrogen) atoms. The second-order valence-corrected chi connectivity index (χ2v) is 11.5. The number of H-pyrrole nitrogens is 1. The van der Waals surface area contributed by atoms with Gasteiger partial charge in [-0.3, -0.25) is 10.1 Å². The van der Waals surface area contributed by atoms with Gasteiger partial charge >= 0.3 is 35.7 Å². The van der Waals surface area contributed by atoms with Crippen LogP contribution in [0.5, 0.6) is 5.75 Å². The Kier molecular flexibility index (Phi) is 9.80. The summed E-state index contributed by atoms with van der Waals surface area (Å²) in [6.07, 6.45) is 5.38. The van der Waals surface area contributed by atoms with Crippen LogP contribution in [0.15, 0.2) is 77.8 Å². The Bertz CT molecular complexity index is 1650. The van der Waals surface area contributed by atoms with E-state index in [9.17, 15) is 18.0 Å². The minimum atomic E-state index is -4.02. The molecule has 0 aliphatic heterocycles. The van der Waals surface area contributed by atoms with Gasteiger partial charge in [0.05, 0.1) is 12.0 Å². The molecule has 210 valence electrons. The molecule has 0 saturated heterocycles. The summed E-state index contributed by atoms with van der Waals surface area (Å²) < 4.78 is 38.5. The van der Waals surface area contributed by atoms with E-state index in [1.54, 1.807) is 30.3 Å². The number of hydrogen-bond donors (Lipinski definition) is 3. The number of aromatic amines is 1. The first-order valence-corrected chi connectivity index (χ1v) is 14.6. The van der Waals surface area contributed by atoms with Crippen molar-refractivity contribution in [3.63, 3.8) is 0 Å². The summed E-state index contributed by atoms with van der Waals surface area (Å²) >= 11 is 0. The first kappa shape index (κ1) is 30.6. The van der Waals surface area contributed by atoms with Crippen LogP contribution in [-0.2, 0) is 14.8 Å². The topological polar surface area (TPSA) is 127 Å². The van der Waals surface area contributed by atoms with Crippen LogP contribution in [0.3, 0.4) is 0 Å². The number of methoxy groups -OCH3 is 1. The number of amides is 2. The van der Waals surface area contributed by atoms with E-state index >= 15 is 0 Å². The van der Waals surface area contributed by atoms with Gasteiger partial charge in [-0.25, -0.2) is 17.9 Å². The molecule has 9 nitrogen and oxygen atoms in total. The van der Waals surface area contributed by atoms with E-state index in [0.29, 0.717) is 11.4 Å². The number of hydrogen-bond acceptors (Lipinski definition) is 6. The number of benzene rings is 3. The average Bonchev–Trinajstić information content (AvgIpc) is 3.62. The van der Waals surface area contributed by atoms with Crippen LogP contribution in [0.1, 0.15) is 60.0 Å². The minimum absolute atomic E-state index is 0. The van der Waals surface area contributed by atoms with E-state index in [-0.39, 0.29) is 52.0 Å². The molecule has 1 aliphatic rings. The fraction of sp³-hybridized carbons (Fsp3) is 0.267. The molecule has 1 saturated carbocycles. The third-order valence-electron chi connectivity index (χ3n) is 7.25. The van der Waals surface area contributed by atoms with E-state index in [0.717, 1.165) is 47.7 Å². The molecule has 1 unspecified atom stereocenters. The Morgan fingerprint density at radius 2 is 1.71 bits per heavy atom. The Balaban J connectivity index is 0.00000387. The van der Waals surface area contributed by atoms with Gasteiger partial charge in [0.2, 0.25) is 0 Å². The van der Waals surface area contributed by atoms with Crippen LogP contribution in [0.2, 0.25) is 0 Å². The van der Waals surface area contributed by atoms with Gasteiger partial charge in [-0.05, 0) is 73.7 Å². The van der Waals surface area contributed by atoms with Gasteiger partial charge in [-0.2, -0.15) is 0 Å². The van der Waals surface area contributed by atoms with Crippen molar-refractivity contribution in [3.8, 4) is 5.75 Å². The fourth-order valence-corrected chi connectivity index (χ4v) is 6.10. The number of ether oxygens (including phenoxy) is 2. The number of sulfonamides is 1. The Hall–Kier alpha value is -3.31. The van der Waals surface area contributed by atoms with Crippen LogP contribution in [0.4, 0.5) is 10.5 Å². The molecule has 11 heteroatoms. The molecule has 1 aromatic heterocycles. The summed E-state index contributed by atoms with van der Waals surface area (Å²) in [5.74, 6) is -0.468. The summed E-state index contributed by atoms with van der Waals surface area (Å²) in [5.41, 5.74) is 3.45. The number of anilines is 1. The average molecular weight is 586 g/mol. The van der Waals surface area contributed by atoms with Crippen molar-refractivity contribution >= 4 is 68.2 Å². The van der Waals surface area contributed by atoms with Crippen LogP contribution in [0, 0.1) is 0 Å². The zero-order valence-electron chi connectivity index (χ0n) is 22.3. The number of nitrogens with one attached hydrogen (secondary N) is 3. The maximum absolute atomic E-state index is 12.8. The van der Waals surface area contributed by atoms with Crippen molar-refractivity contribution in [2.24, 2.45) is 0 Å². The van der Waals surface area contributed by atoms with Crippen molar-refractivity contribution in [1.82, 2.24) is 9.71 Å². The summed E-state index contributed by atoms with van der Waals surface area (Å²) in [5, 5.41) is 3.76. The third-order valence-corrected chi connectivity index (χ3v) is 8.59. The molecule has 0 bridgehead atoms. The summed E-state index contributed by atoms with van der Waals surface area (Å²) in [4.78, 5) is 28.5. The van der Waals surface area contributed by atoms with Crippen molar-refractivity contribution in [2.45, 2.75) is 49.5 Å². The van der Waals surface area contributed by atoms with Gasteiger partial charge in [0.15, 0.2) is 0 Å². The Morgan fingerprint density at radius 3 is 2.41 bits per heavy atom. The number of aromatic nitrogens is 1. The van der Waals surface area contributed by atoms with Crippen molar-refractivity contribution < 1.29 is 27.5 Å². The fourth-order valence-electron chi connectivity index (χ4n) is 5.10. The summed E-state index contributed by atoms with van der Waals surface area (Å²) in [6.45, 7) is 2.01. The van der Waals surface area contributed by atoms with E-state index in [1.165, 1.54) is 25.3 Å². The van der Waals surface area contributed by atoms with E-state index < -0.39 is 22.0 Å². The maximum atomic E-state index is 12.8. The first-order valence-electron chi connectivity index (χ1n) is 13.1. The second kappa shape index (κ2) is 13.1. The molecule has 1 aliphatic carbocycles. The summed E-state index contributed by atoms with van der Waals surface area (Å²) in [7, 11) is -2.52. The quantitative estimate of drug-likeness (QED) is 0.241. The van der Waals surface area contributed by atoms with Crippen molar-refractivity contribution in [2.75, 3.05) is 12.4 Å². The zero-order valence-corrected chi connectivity index (χ0v) is 23.1. The molecule has 3 N–H and O–H groups in total. The van der Waals surface area contributed by atoms with Gasteiger partial charge in [-0.1, -0.05) is 31.2 Å². The number of rotatable bonds is 8. The molecular formula is C30H32N3NaO6S. The SMILES string of the molecule is COc1cc(C(=O)NS(=O)(=O)c2ccccc2)ccc1C(C)c1c[nH]c2ccc(NC(=O)OC3CCCC3)cc12.[NaH]. The van der Waals surface area contributed by atoms with Gasteiger partial charge in [-0.15, -0.1) is 0 Å². The van der Waals surface area contributed by atoms with Gasteiger partial charge in [0.1, 0.15) is 11.9 Å². The molecule has 1 heterocycles. The first-order chi connectivity index (χ1) is 19.2. The Morgan fingerprint density at radius 1 is 0.976 bits per heavy atom. The molecule has 0 radical (unpaired) electrons. The Labute approximate surface area is 261 Å². The zero-order chi connectivity index (χ0) is 28.3.